The molecule has 0 aliphatic carbocycles. The second kappa shape index (κ2) is 5.26. The van der Waals surface area contributed by atoms with Crippen LogP contribution in [0.25, 0.3) is 0 Å². The van der Waals surface area contributed by atoms with E-state index in [-0.39, 0.29) is 17.6 Å². The number of hydrogen-bond donors (Lipinski definition) is 1. The van der Waals surface area contributed by atoms with Crippen molar-refractivity contribution < 1.29 is 9.13 Å². The van der Waals surface area contributed by atoms with Crippen molar-refractivity contribution >= 4 is 5.69 Å². The first kappa shape index (κ1) is 11.4. The van der Waals surface area contributed by atoms with Crippen LogP contribution in [0, 0.1) is 18.2 Å². The number of ether oxygens (including phenoxy) is 1. The molecule has 1 rings (SSSR count). The Morgan fingerprint density at radius 3 is 2.87 bits per heavy atom. The Bertz CT molecular complexity index is 370. The third-order valence-electron chi connectivity index (χ3n) is 2.10. The quantitative estimate of drug-likeness (QED) is 0.766. The van der Waals surface area contributed by atoms with E-state index in [2.05, 4.69) is 11.2 Å². The predicted molar refractivity (Wildman–Crippen MR) is 59.5 cm³/mol. The average Bonchev–Trinajstić information content (AvgIpc) is 2.28. The average molecular weight is 207 g/mol. The highest BCUT2D eigenvalue weighted by molar-refractivity contribution is 5.50. The number of halogens is 1. The lowest BCUT2D eigenvalue weighted by molar-refractivity contribution is 0.387. The second-order valence-electron chi connectivity index (χ2n) is 3.12. The van der Waals surface area contributed by atoms with Gasteiger partial charge in [0.15, 0.2) is 11.6 Å². The molecule has 0 saturated heterocycles. The van der Waals surface area contributed by atoms with Crippen LogP contribution < -0.4 is 10.1 Å². The van der Waals surface area contributed by atoms with E-state index < -0.39 is 0 Å². The van der Waals surface area contributed by atoms with E-state index in [1.54, 1.807) is 12.1 Å². The Hall–Kier alpha value is -1.69. The molecule has 0 heterocycles. The van der Waals surface area contributed by atoms with Crippen LogP contribution in [-0.4, -0.2) is 13.2 Å². The SMILES string of the molecule is C#CC(CC)Nc1ccc(F)c(OC)c1. The van der Waals surface area contributed by atoms with Crippen molar-refractivity contribution in [3.63, 3.8) is 0 Å². The number of methoxy groups -OCH3 is 1. The van der Waals surface area contributed by atoms with E-state index in [1.807, 2.05) is 6.92 Å². The van der Waals surface area contributed by atoms with Gasteiger partial charge in [-0.3, -0.25) is 0 Å². The van der Waals surface area contributed by atoms with Gasteiger partial charge in [0.1, 0.15) is 0 Å². The number of terminal acetylenes is 1. The highest BCUT2D eigenvalue weighted by Gasteiger charge is 2.05. The molecule has 2 nitrogen and oxygen atoms in total. The Labute approximate surface area is 89.4 Å². The van der Waals surface area contributed by atoms with Crippen LogP contribution >= 0.6 is 0 Å². The number of hydrogen-bond acceptors (Lipinski definition) is 2. The molecule has 0 saturated carbocycles. The third-order valence-corrected chi connectivity index (χ3v) is 2.10. The highest BCUT2D eigenvalue weighted by atomic mass is 19.1. The molecule has 0 fully saturated rings. The van der Waals surface area contributed by atoms with E-state index in [1.165, 1.54) is 13.2 Å². The molecular weight excluding hydrogens is 193 g/mol. The van der Waals surface area contributed by atoms with E-state index in [9.17, 15) is 4.39 Å². The van der Waals surface area contributed by atoms with Gasteiger partial charge in [0.2, 0.25) is 0 Å². The fourth-order valence-electron chi connectivity index (χ4n) is 1.21. The summed E-state index contributed by atoms with van der Waals surface area (Å²) in [5.74, 6) is 2.44. The maximum absolute atomic E-state index is 13.1. The summed E-state index contributed by atoms with van der Waals surface area (Å²) < 4.78 is 17.9. The molecule has 1 aromatic carbocycles. The van der Waals surface area contributed by atoms with Gasteiger partial charge < -0.3 is 10.1 Å². The fourth-order valence-corrected chi connectivity index (χ4v) is 1.21. The van der Waals surface area contributed by atoms with Gasteiger partial charge in [0.05, 0.1) is 13.2 Å². The van der Waals surface area contributed by atoms with Crippen LogP contribution in [0.1, 0.15) is 13.3 Å². The number of rotatable bonds is 4. The van der Waals surface area contributed by atoms with E-state index in [4.69, 9.17) is 11.2 Å². The molecule has 0 aromatic heterocycles. The van der Waals surface area contributed by atoms with E-state index in [0.29, 0.717) is 0 Å². The number of nitrogens with one attached hydrogen (secondary N) is 1. The van der Waals surface area contributed by atoms with Crippen molar-refractivity contribution in [2.24, 2.45) is 0 Å². The van der Waals surface area contributed by atoms with Crippen LogP contribution in [-0.2, 0) is 0 Å². The summed E-state index contributed by atoms with van der Waals surface area (Å²) in [4.78, 5) is 0. The van der Waals surface area contributed by atoms with Gasteiger partial charge in [0, 0.05) is 11.8 Å². The molecule has 0 spiro atoms. The fraction of sp³-hybridized carbons (Fsp3) is 0.333. The smallest absolute Gasteiger partial charge is 0.165 e. The lowest BCUT2D eigenvalue weighted by Crippen LogP contribution is -2.15. The molecule has 0 aliphatic rings. The molecule has 15 heavy (non-hydrogen) atoms. The first-order valence-corrected chi connectivity index (χ1v) is 4.77. The van der Waals surface area contributed by atoms with Crippen molar-refractivity contribution in [2.45, 2.75) is 19.4 Å². The lowest BCUT2D eigenvalue weighted by Gasteiger charge is -2.13. The van der Waals surface area contributed by atoms with Crippen molar-refractivity contribution in [1.82, 2.24) is 0 Å². The van der Waals surface area contributed by atoms with Crippen LogP contribution in [0.15, 0.2) is 18.2 Å². The van der Waals surface area contributed by atoms with Crippen LogP contribution in [0.2, 0.25) is 0 Å². The minimum Gasteiger partial charge on any atom is -0.494 e. The van der Waals surface area contributed by atoms with Crippen molar-refractivity contribution in [2.75, 3.05) is 12.4 Å². The van der Waals surface area contributed by atoms with Gasteiger partial charge in [-0.2, -0.15) is 0 Å². The second-order valence-corrected chi connectivity index (χ2v) is 3.12. The standard InChI is InChI=1S/C12H14FNO/c1-4-9(5-2)14-10-6-7-11(13)12(8-10)15-3/h1,6-9,14H,5H2,2-3H3. The zero-order valence-corrected chi connectivity index (χ0v) is 8.88. The van der Waals surface area contributed by atoms with Crippen molar-refractivity contribution in [1.29, 1.82) is 0 Å². The molecule has 1 aromatic rings. The summed E-state index contributed by atoms with van der Waals surface area (Å²) >= 11 is 0. The van der Waals surface area contributed by atoms with Crippen molar-refractivity contribution in [3.8, 4) is 18.1 Å². The zero-order chi connectivity index (χ0) is 11.3. The normalized spacial score (nSPS) is 11.6. The summed E-state index contributed by atoms with van der Waals surface area (Å²) in [6.07, 6.45) is 6.13. The minimum atomic E-state index is -0.378. The van der Waals surface area contributed by atoms with E-state index in [0.717, 1.165) is 12.1 Å². The lowest BCUT2D eigenvalue weighted by atomic mass is 10.2. The molecule has 1 atom stereocenters. The number of benzene rings is 1. The van der Waals surface area contributed by atoms with E-state index >= 15 is 0 Å². The Kier molecular flexibility index (Phi) is 3.99. The molecule has 0 bridgehead atoms. The Morgan fingerprint density at radius 1 is 1.60 bits per heavy atom. The molecular formula is C12H14FNO. The summed E-state index contributed by atoms with van der Waals surface area (Å²) in [7, 11) is 1.43. The topological polar surface area (TPSA) is 21.3 Å². The van der Waals surface area contributed by atoms with Gasteiger partial charge >= 0.3 is 0 Å². The predicted octanol–water partition coefficient (Wildman–Crippen LogP) is 2.66. The Balaban J connectivity index is 2.83. The maximum Gasteiger partial charge on any atom is 0.165 e. The van der Waals surface area contributed by atoms with Crippen molar-refractivity contribution in [3.05, 3.63) is 24.0 Å². The summed E-state index contributed by atoms with van der Waals surface area (Å²) in [6, 6.07) is 4.54. The molecule has 0 radical (unpaired) electrons. The first-order valence-electron chi connectivity index (χ1n) is 4.77. The van der Waals surface area contributed by atoms with Gasteiger partial charge in [-0.05, 0) is 18.6 Å². The van der Waals surface area contributed by atoms with Gasteiger partial charge in [-0.25, -0.2) is 4.39 Å². The maximum atomic E-state index is 13.1. The summed E-state index contributed by atoms with van der Waals surface area (Å²) in [5.41, 5.74) is 0.762. The molecule has 3 heteroatoms. The largest absolute Gasteiger partial charge is 0.494 e. The molecule has 80 valence electrons. The van der Waals surface area contributed by atoms with Gasteiger partial charge in [0.25, 0.3) is 0 Å². The third kappa shape index (κ3) is 2.88. The number of anilines is 1. The molecule has 0 aliphatic heterocycles. The monoisotopic (exact) mass is 207 g/mol. The highest BCUT2D eigenvalue weighted by Crippen LogP contribution is 2.22. The minimum absolute atomic E-state index is 0.0415. The first-order chi connectivity index (χ1) is 7.21. The summed E-state index contributed by atoms with van der Waals surface area (Å²) in [6.45, 7) is 1.98. The van der Waals surface area contributed by atoms with Gasteiger partial charge in [-0.1, -0.05) is 12.8 Å². The Morgan fingerprint density at radius 2 is 2.33 bits per heavy atom. The summed E-state index contributed by atoms with van der Waals surface area (Å²) in [5, 5.41) is 3.10. The van der Waals surface area contributed by atoms with Crippen LogP contribution in [0.4, 0.5) is 10.1 Å². The molecule has 1 N–H and O–H groups in total. The van der Waals surface area contributed by atoms with Crippen LogP contribution in [0.3, 0.4) is 0 Å². The van der Waals surface area contributed by atoms with Crippen LogP contribution in [0.5, 0.6) is 5.75 Å². The zero-order valence-electron chi connectivity index (χ0n) is 8.88. The van der Waals surface area contributed by atoms with Gasteiger partial charge in [-0.15, -0.1) is 6.42 Å². The molecule has 1 unspecified atom stereocenters. The molecule has 0 amide bonds.